The van der Waals surface area contributed by atoms with Gasteiger partial charge in [-0.2, -0.15) is 0 Å². The van der Waals surface area contributed by atoms with E-state index in [1.165, 1.54) is 29.1 Å². The third-order valence-electron chi connectivity index (χ3n) is 2.98. The normalized spacial score (nSPS) is 11.8. The smallest absolute Gasteiger partial charge is 0.270 e. The van der Waals surface area contributed by atoms with Crippen molar-refractivity contribution < 1.29 is 4.92 Å². The van der Waals surface area contributed by atoms with Crippen molar-refractivity contribution >= 4 is 32.5 Å². The van der Waals surface area contributed by atoms with Crippen molar-refractivity contribution in [1.29, 1.82) is 0 Å². The third-order valence-corrected chi connectivity index (χ3v) is 4.50. The van der Waals surface area contributed by atoms with Crippen molar-refractivity contribution in [1.82, 2.24) is 9.55 Å². The number of nitro benzene ring substituents is 1. The van der Waals surface area contributed by atoms with E-state index in [4.69, 9.17) is 0 Å². The molecule has 0 saturated heterocycles. The Morgan fingerprint density at radius 3 is 2.75 bits per heavy atom. The zero-order valence-electron chi connectivity index (χ0n) is 11.2. The zero-order valence-corrected chi connectivity index (χ0v) is 12.8. The molecule has 0 aliphatic heterocycles. The van der Waals surface area contributed by atoms with E-state index in [0.717, 1.165) is 5.33 Å². The van der Waals surface area contributed by atoms with Gasteiger partial charge in [0.25, 0.3) is 11.2 Å². The molecule has 0 amide bonds. The van der Waals surface area contributed by atoms with Crippen LogP contribution in [0.5, 0.6) is 0 Å². The first-order valence-corrected chi connectivity index (χ1v) is 7.16. The Hall–Kier alpha value is -1.76. The maximum atomic E-state index is 12.4. The van der Waals surface area contributed by atoms with Gasteiger partial charge in [0.2, 0.25) is 0 Å². The number of nitrogens with zero attached hydrogens (tertiary/aromatic N) is 3. The van der Waals surface area contributed by atoms with E-state index in [2.05, 4.69) is 20.9 Å². The van der Waals surface area contributed by atoms with Crippen LogP contribution < -0.4 is 5.56 Å². The second kappa shape index (κ2) is 5.32. The molecule has 20 heavy (non-hydrogen) atoms. The minimum Gasteiger partial charge on any atom is -0.298 e. The highest BCUT2D eigenvalue weighted by Gasteiger charge is 2.19. The number of alkyl halides is 1. The lowest BCUT2D eigenvalue weighted by atomic mass is 9.97. The SMILES string of the molecule is CC(C)(CBr)Cn1cnc2ccc([N+](=O)[O-])cc2c1=O. The Balaban J connectivity index is 2.57. The highest BCUT2D eigenvalue weighted by molar-refractivity contribution is 9.09. The first-order chi connectivity index (χ1) is 9.34. The Bertz CT molecular complexity index is 724. The van der Waals surface area contributed by atoms with Crippen molar-refractivity contribution in [2.45, 2.75) is 20.4 Å². The molecule has 0 aliphatic rings. The molecule has 0 fully saturated rings. The number of halogens is 1. The van der Waals surface area contributed by atoms with Gasteiger partial charge in [0.1, 0.15) is 0 Å². The van der Waals surface area contributed by atoms with Gasteiger partial charge < -0.3 is 0 Å². The monoisotopic (exact) mass is 339 g/mol. The van der Waals surface area contributed by atoms with E-state index in [9.17, 15) is 14.9 Å². The van der Waals surface area contributed by atoms with Crippen LogP contribution in [0.25, 0.3) is 10.9 Å². The standard InChI is InChI=1S/C13H14BrN3O3/c1-13(2,6-14)7-16-8-15-11-4-3-9(17(19)20)5-10(11)12(16)18/h3-5,8H,6-7H2,1-2H3. The van der Waals surface area contributed by atoms with Crippen LogP contribution in [-0.2, 0) is 6.54 Å². The number of hydrogen-bond donors (Lipinski definition) is 0. The average Bonchev–Trinajstić information content (AvgIpc) is 2.41. The van der Waals surface area contributed by atoms with Crippen LogP contribution in [0.15, 0.2) is 29.3 Å². The van der Waals surface area contributed by atoms with Gasteiger partial charge in [-0.05, 0) is 11.5 Å². The molecule has 0 bridgehead atoms. The maximum Gasteiger partial charge on any atom is 0.270 e. The van der Waals surface area contributed by atoms with E-state index < -0.39 is 4.92 Å². The number of rotatable bonds is 4. The van der Waals surface area contributed by atoms with E-state index in [1.54, 1.807) is 0 Å². The lowest BCUT2D eigenvalue weighted by molar-refractivity contribution is -0.384. The number of benzene rings is 1. The average molecular weight is 340 g/mol. The van der Waals surface area contributed by atoms with Crippen LogP contribution in [0, 0.1) is 15.5 Å². The first kappa shape index (κ1) is 14.6. The second-order valence-electron chi connectivity index (χ2n) is 5.43. The van der Waals surface area contributed by atoms with E-state index in [1.807, 2.05) is 13.8 Å². The molecular weight excluding hydrogens is 326 g/mol. The molecule has 0 spiro atoms. The van der Waals surface area contributed by atoms with Crippen LogP contribution in [0.3, 0.4) is 0 Å². The van der Waals surface area contributed by atoms with Crippen molar-refractivity contribution in [2.24, 2.45) is 5.41 Å². The summed E-state index contributed by atoms with van der Waals surface area (Å²) in [5, 5.41) is 11.8. The predicted octanol–water partition coefficient (Wildman–Crippen LogP) is 2.73. The lowest BCUT2D eigenvalue weighted by Crippen LogP contribution is -2.29. The minimum atomic E-state index is -0.515. The molecule has 1 aromatic heterocycles. The largest absolute Gasteiger partial charge is 0.298 e. The quantitative estimate of drug-likeness (QED) is 0.487. The topological polar surface area (TPSA) is 78.0 Å². The summed E-state index contributed by atoms with van der Waals surface area (Å²) in [6.45, 7) is 4.53. The van der Waals surface area contributed by atoms with Crippen molar-refractivity contribution in [3.8, 4) is 0 Å². The molecule has 0 unspecified atom stereocenters. The number of nitro groups is 1. The fraction of sp³-hybridized carbons (Fsp3) is 0.385. The highest BCUT2D eigenvalue weighted by Crippen LogP contribution is 2.21. The molecule has 0 saturated carbocycles. The van der Waals surface area contributed by atoms with Crippen molar-refractivity contribution in [2.75, 3.05) is 5.33 Å². The van der Waals surface area contributed by atoms with Crippen LogP contribution in [0.2, 0.25) is 0 Å². The number of hydrogen-bond acceptors (Lipinski definition) is 4. The van der Waals surface area contributed by atoms with Gasteiger partial charge in [0.05, 0.1) is 22.2 Å². The molecule has 7 heteroatoms. The third kappa shape index (κ3) is 2.87. The summed E-state index contributed by atoms with van der Waals surface area (Å²) in [6, 6.07) is 4.12. The maximum absolute atomic E-state index is 12.4. The summed E-state index contributed by atoms with van der Waals surface area (Å²) in [5.74, 6) is 0. The Labute approximate surface area is 123 Å². The van der Waals surface area contributed by atoms with Gasteiger partial charge >= 0.3 is 0 Å². The summed E-state index contributed by atoms with van der Waals surface area (Å²) in [5.41, 5.74) is -0.00462. The van der Waals surface area contributed by atoms with Crippen LogP contribution in [0.1, 0.15) is 13.8 Å². The summed E-state index contributed by atoms with van der Waals surface area (Å²) >= 11 is 3.41. The molecule has 1 aromatic carbocycles. The summed E-state index contributed by atoms with van der Waals surface area (Å²) in [4.78, 5) is 26.8. The highest BCUT2D eigenvalue weighted by atomic mass is 79.9. The molecule has 2 aromatic rings. The first-order valence-electron chi connectivity index (χ1n) is 6.04. The Kier molecular flexibility index (Phi) is 3.89. The predicted molar refractivity (Wildman–Crippen MR) is 80.2 cm³/mol. The zero-order chi connectivity index (χ0) is 14.9. The summed E-state index contributed by atoms with van der Waals surface area (Å²) in [6.07, 6.45) is 1.49. The van der Waals surface area contributed by atoms with Crippen molar-refractivity contribution in [3.63, 3.8) is 0 Å². The summed E-state index contributed by atoms with van der Waals surface area (Å²) in [7, 11) is 0. The van der Waals surface area contributed by atoms with E-state index >= 15 is 0 Å². The van der Waals surface area contributed by atoms with E-state index in [0.29, 0.717) is 12.1 Å². The van der Waals surface area contributed by atoms with Gasteiger partial charge in [-0.25, -0.2) is 4.98 Å². The molecule has 0 atom stereocenters. The molecular formula is C13H14BrN3O3. The fourth-order valence-electron chi connectivity index (χ4n) is 1.88. The van der Waals surface area contributed by atoms with Gasteiger partial charge in [-0.1, -0.05) is 29.8 Å². The second-order valence-corrected chi connectivity index (χ2v) is 5.99. The Morgan fingerprint density at radius 2 is 2.15 bits per heavy atom. The number of fused-ring (bicyclic) bond motifs is 1. The molecule has 6 nitrogen and oxygen atoms in total. The summed E-state index contributed by atoms with van der Waals surface area (Å²) < 4.78 is 1.49. The minimum absolute atomic E-state index is 0.103. The number of non-ortho nitro benzene ring substituents is 1. The Morgan fingerprint density at radius 1 is 1.45 bits per heavy atom. The molecule has 2 rings (SSSR count). The van der Waals surface area contributed by atoms with Gasteiger partial charge in [0, 0.05) is 24.0 Å². The molecule has 0 N–H and O–H groups in total. The lowest BCUT2D eigenvalue weighted by Gasteiger charge is -2.22. The molecule has 0 aliphatic carbocycles. The van der Waals surface area contributed by atoms with Gasteiger partial charge in [-0.3, -0.25) is 19.5 Å². The number of aromatic nitrogens is 2. The van der Waals surface area contributed by atoms with Gasteiger partial charge in [0.15, 0.2) is 0 Å². The fourth-order valence-corrected chi connectivity index (χ4v) is 2.05. The van der Waals surface area contributed by atoms with Crippen LogP contribution in [-0.4, -0.2) is 19.8 Å². The molecule has 0 radical (unpaired) electrons. The molecule has 1 heterocycles. The van der Waals surface area contributed by atoms with Crippen LogP contribution in [0.4, 0.5) is 5.69 Å². The van der Waals surface area contributed by atoms with E-state index in [-0.39, 0.29) is 22.0 Å². The van der Waals surface area contributed by atoms with Crippen molar-refractivity contribution in [3.05, 3.63) is 45.0 Å². The van der Waals surface area contributed by atoms with Gasteiger partial charge in [-0.15, -0.1) is 0 Å². The molecule has 106 valence electrons. The van der Waals surface area contributed by atoms with Crippen LogP contribution >= 0.6 is 15.9 Å².